The number of nitrogens with one attached hydrogen (secondary N) is 1. The Morgan fingerprint density at radius 1 is 1.23 bits per heavy atom. The number of carboxylic acid groups (broad SMARTS) is 2. The maximum atomic E-state index is 11.8. The molecule has 0 saturated carbocycles. The lowest BCUT2D eigenvalue weighted by molar-refractivity contribution is -0.139. The van der Waals surface area contributed by atoms with Crippen molar-refractivity contribution in [3.63, 3.8) is 0 Å². The number of carboxylic acids is 2. The van der Waals surface area contributed by atoms with Crippen molar-refractivity contribution in [1.82, 2.24) is 15.3 Å². The molecule has 1 atom stereocenters. The molecule has 0 radical (unpaired) electrons. The number of hydrogen-bond acceptors (Lipinski definition) is 8. The van der Waals surface area contributed by atoms with Crippen molar-refractivity contribution in [2.75, 3.05) is 32.8 Å². The summed E-state index contributed by atoms with van der Waals surface area (Å²) in [6, 6.07) is 6.53. The highest BCUT2D eigenvalue weighted by atomic mass is 16.5. The molecule has 3 N–H and O–H groups in total. The molecular weight excluding hydrogens is 342 g/mol. The average molecular weight is 361 g/mol. The summed E-state index contributed by atoms with van der Waals surface area (Å²) in [5.41, 5.74) is 3.26. The Bertz CT molecular complexity index is 746. The van der Waals surface area contributed by atoms with Crippen molar-refractivity contribution < 1.29 is 24.5 Å². The van der Waals surface area contributed by atoms with Crippen LogP contribution in [0.2, 0.25) is 0 Å². The predicted molar refractivity (Wildman–Crippen MR) is 91.9 cm³/mol. The summed E-state index contributed by atoms with van der Waals surface area (Å²) >= 11 is 0. The first-order valence-corrected chi connectivity index (χ1v) is 8.03. The van der Waals surface area contributed by atoms with Crippen LogP contribution in [0.4, 0.5) is 0 Å². The fourth-order valence-corrected chi connectivity index (χ4v) is 3.10. The number of hydrogen-bond donors (Lipinski definition) is 3. The molecule has 2 aliphatic rings. The zero-order valence-corrected chi connectivity index (χ0v) is 13.9. The lowest BCUT2D eigenvalue weighted by Crippen LogP contribution is -2.64. The Morgan fingerprint density at radius 3 is 2.65 bits per heavy atom. The van der Waals surface area contributed by atoms with Gasteiger partial charge in [-0.25, -0.2) is 20.2 Å². The fraction of sp³-hybridized carbons (Fsp3) is 0.375. The minimum absolute atomic E-state index is 0.0774. The largest absolute Gasteiger partial charge is 0.480 e. The smallest absolute Gasteiger partial charge is 0.336 e. The summed E-state index contributed by atoms with van der Waals surface area (Å²) in [4.78, 5) is 33.3. The Hall–Kier alpha value is -2.82. The van der Waals surface area contributed by atoms with Crippen molar-refractivity contribution in [2.45, 2.75) is 5.79 Å². The van der Waals surface area contributed by atoms with E-state index in [1.807, 2.05) is 4.90 Å². The molecule has 0 aromatic heterocycles. The van der Waals surface area contributed by atoms with Gasteiger partial charge in [0, 0.05) is 18.7 Å². The summed E-state index contributed by atoms with van der Waals surface area (Å²) in [5, 5.41) is 20.1. The van der Waals surface area contributed by atoms with E-state index < -0.39 is 17.7 Å². The molecule has 0 bridgehead atoms. The monoisotopic (exact) mass is 361 g/mol. The summed E-state index contributed by atoms with van der Waals surface area (Å²) in [7, 11) is 0. The van der Waals surface area contributed by atoms with Crippen LogP contribution in [0.3, 0.4) is 0 Å². The third kappa shape index (κ3) is 3.29. The molecule has 2 aliphatic heterocycles. The van der Waals surface area contributed by atoms with Crippen molar-refractivity contribution in [2.24, 2.45) is 9.98 Å². The molecule has 1 fully saturated rings. The van der Waals surface area contributed by atoms with Crippen LogP contribution in [0.1, 0.15) is 15.9 Å². The van der Waals surface area contributed by atoms with Crippen LogP contribution in [0, 0.1) is 0 Å². The van der Waals surface area contributed by atoms with Crippen LogP contribution in [-0.4, -0.2) is 77.6 Å². The van der Waals surface area contributed by atoms with E-state index in [4.69, 9.17) is 9.84 Å². The van der Waals surface area contributed by atoms with Gasteiger partial charge in [0.05, 0.1) is 18.8 Å². The summed E-state index contributed by atoms with van der Waals surface area (Å²) in [5.74, 6) is -3.44. The molecule has 10 heteroatoms. The van der Waals surface area contributed by atoms with Crippen molar-refractivity contribution >= 4 is 24.6 Å². The number of rotatable bonds is 6. The molecular formula is C16H19N5O5. The normalized spacial score (nSPS) is 23.2. The van der Waals surface area contributed by atoms with Crippen LogP contribution >= 0.6 is 0 Å². The van der Waals surface area contributed by atoms with Crippen molar-refractivity contribution in [1.29, 1.82) is 0 Å². The molecule has 0 spiro atoms. The van der Waals surface area contributed by atoms with E-state index in [-0.39, 0.29) is 12.1 Å². The van der Waals surface area contributed by atoms with E-state index >= 15 is 0 Å². The van der Waals surface area contributed by atoms with Gasteiger partial charge in [0.1, 0.15) is 19.2 Å². The lowest BCUT2D eigenvalue weighted by atomic mass is 9.98. The topological polar surface area (TPSA) is 127 Å². The predicted octanol–water partition coefficient (Wildman–Crippen LogP) is -0.211. The molecule has 26 heavy (non-hydrogen) atoms. The van der Waals surface area contributed by atoms with E-state index in [1.165, 1.54) is 23.8 Å². The number of aromatic carboxylic acids is 1. The Kier molecular flexibility index (Phi) is 5.26. The Balaban J connectivity index is 2.13. The molecule has 10 nitrogen and oxygen atoms in total. The van der Waals surface area contributed by atoms with Crippen LogP contribution in [0.15, 0.2) is 34.3 Å². The number of benzene rings is 1. The van der Waals surface area contributed by atoms with E-state index in [2.05, 4.69) is 15.4 Å². The number of hydrazine groups is 1. The number of ether oxygens (including phenoxy) is 1. The van der Waals surface area contributed by atoms with E-state index in [0.717, 1.165) is 0 Å². The minimum atomic E-state index is -1.28. The average Bonchev–Trinajstić information content (AvgIpc) is 2.67. The van der Waals surface area contributed by atoms with Gasteiger partial charge in [0.25, 0.3) is 0 Å². The first-order valence-electron chi connectivity index (χ1n) is 8.03. The van der Waals surface area contributed by atoms with Gasteiger partial charge in [-0.3, -0.25) is 14.7 Å². The van der Waals surface area contributed by atoms with Crippen molar-refractivity contribution in [3.05, 3.63) is 35.4 Å². The number of morpholine rings is 1. The van der Waals surface area contributed by atoms with Gasteiger partial charge in [-0.05, 0) is 6.07 Å². The number of carbonyl (C=O) groups is 2. The third-order valence-electron chi connectivity index (χ3n) is 4.19. The summed E-state index contributed by atoms with van der Waals surface area (Å²) in [6.07, 6.45) is 2.75. The van der Waals surface area contributed by atoms with Crippen molar-refractivity contribution in [3.8, 4) is 0 Å². The maximum Gasteiger partial charge on any atom is 0.336 e. The highest BCUT2D eigenvalue weighted by molar-refractivity contribution is 5.90. The van der Waals surface area contributed by atoms with Crippen LogP contribution in [-0.2, 0) is 15.3 Å². The lowest BCUT2D eigenvalue weighted by Gasteiger charge is -2.49. The molecule has 0 amide bonds. The molecule has 1 aromatic rings. The number of aliphatic imine (C=N–C) groups is 2. The van der Waals surface area contributed by atoms with Gasteiger partial charge < -0.3 is 14.9 Å². The first-order chi connectivity index (χ1) is 12.6. The molecule has 2 heterocycles. The number of aliphatic carboxylic acids is 1. The van der Waals surface area contributed by atoms with E-state index in [1.54, 1.807) is 18.2 Å². The van der Waals surface area contributed by atoms with E-state index in [0.29, 0.717) is 31.9 Å². The van der Waals surface area contributed by atoms with E-state index in [9.17, 15) is 14.7 Å². The fourth-order valence-electron chi connectivity index (χ4n) is 3.10. The molecule has 1 unspecified atom stereocenters. The van der Waals surface area contributed by atoms with Gasteiger partial charge >= 0.3 is 11.9 Å². The van der Waals surface area contributed by atoms with Crippen LogP contribution in [0.25, 0.3) is 0 Å². The Labute approximate surface area is 149 Å². The highest BCUT2D eigenvalue weighted by Crippen LogP contribution is 2.36. The highest BCUT2D eigenvalue weighted by Gasteiger charge is 2.47. The molecule has 0 aliphatic carbocycles. The molecule has 1 saturated heterocycles. The Morgan fingerprint density at radius 2 is 1.96 bits per heavy atom. The second-order valence-electron chi connectivity index (χ2n) is 5.69. The SMILES string of the molecule is O=C(O)CNN1C=NC=NC1(c1ccccc1C(=O)O)N1CCOCC1. The van der Waals surface area contributed by atoms with Crippen LogP contribution in [0.5, 0.6) is 0 Å². The summed E-state index contributed by atoms with van der Waals surface area (Å²) < 4.78 is 5.41. The molecule has 3 rings (SSSR count). The quantitative estimate of drug-likeness (QED) is 0.635. The minimum Gasteiger partial charge on any atom is -0.480 e. The number of nitrogens with zero attached hydrogens (tertiary/aromatic N) is 4. The molecule has 1 aromatic carbocycles. The third-order valence-corrected chi connectivity index (χ3v) is 4.19. The second kappa shape index (κ2) is 7.60. The standard InChI is InChI=1S/C16H19N5O5/c22-14(23)9-19-21-11-17-10-18-16(21,20-5-7-26-8-6-20)13-4-2-1-3-12(13)15(24)25/h1-4,10-11,19H,5-9H2,(H,22,23)(H,24,25). The first kappa shape index (κ1) is 18.0. The van der Waals surface area contributed by atoms with Gasteiger partial charge in [-0.2, -0.15) is 0 Å². The second-order valence-corrected chi connectivity index (χ2v) is 5.69. The molecule has 138 valence electrons. The van der Waals surface area contributed by atoms with Crippen LogP contribution < -0.4 is 5.43 Å². The zero-order chi connectivity index (χ0) is 18.6. The van der Waals surface area contributed by atoms with Gasteiger partial charge in [-0.1, -0.05) is 18.2 Å². The van der Waals surface area contributed by atoms with Gasteiger partial charge in [0.2, 0.25) is 5.79 Å². The zero-order valence-electron chi connectivity index (χ0n) is 13.9. The summed E-state index contributed by atoms with van der Waals surface area (Å²) in [6.45, 7) is 1.52. The maximum absolute atomic E-state index is 11.8. The van der Waals surface area contributed by atoms with Gasteiger partial charge in [0.15, 0.2) is 0 Å². The van der Waals surface area contributed by atoms with Gasteiger partial charge in [-0.15, -0.1) is 0 Å².